The van der Waals surface area contributed by atoms with Crippen LogP contribution >= 0.6 is 0 Å². The highest BCUT2D eigenvalue weighted by atomic mass is 16.7. The van der Waals surface area contributed by atoms with Crippen molar-refractivity contribution in [3.8, 4) is 0 Å². The molecule has 0 radical (unpaired) electrons. The van der Waals surface area contributed by atoms with Crippen LogP contribution in [0.5, 0.6) is 0 Å². The highest BCUT2D eigenvalue weighted by Gasteiger charge is 2.49. The molecule has 4 nitrogen and oxygen atoms in total. The number of esters is 1. The van der Waals surface area contributed by atoms with Gasteiger partial charge in [0.25, 0.3) is 0 Å². The number of hydrogen-bond acceptors (Lipinski definition) is 4. The first-order valence-electron chi connectivity index (χ1n) is 5.05. The SMILES string of the molecule is COC(=O)C1=CO[C@@H]2OC[C@@H]3C=C[C@H]1[C@H]23. The van der Waals surface area contributed by atoms with Crippen molar-refractivity contribution < 1.29 is 19.0 Å². The van der Waals surface area contributed by atoms with Crippen molar-refractivity contribution in [1.82, 2.24) is 0 Å². The second-order valence-corrected chi connectivity index (χ2v) is 4.05. The summed E-state index contributed by atoms with van der Waals surface area (Å²) < 4.78 is 15.6. The molecule has 4 atom stereocenters. The van der Waals surface area contributed by atoms with Crippen LogP contribution in [-0.2, 0) is 19.0 Å². The van der Waals surface area contributed by atoms with Crippen molar-refractivity contribution in [3.63, 3.8) is 0 Å². The van der Waals surface area contributed by atoms with Gasteiger partial charge in [0.15, 0.2) is 0 Å². The van der Waals surface area contributed by atoms with E-state index in [1.165, 1.54) is 13.4 Å². The first-order valence-corrected chi connectivity index (χ1v) is 5.05. The van der Waals surface area contributed by atoms with Crippen LogP contribution in [0, 0.1) is 17.8 Å². The predicted molar refractivity (Wildman–Crippen MR) is 50.5 cm³/mol. The lowest BCUT2D eigenvalue weighted by atomic mass is 9.84. The number of hydrogen-bond donors (Lipinski definition) is 0. The van der Waals surface area contributed by atoms with Crippen LogP contribution in [0.1, 0.15) is 0 Å². The first-order chi connectivity index (χ1) is 7.31. The molecule has 0 spiro atoms. The monoisotopic (exact) mass is 208 g/mol. The normalized spacial score (nSPS) is 40.7. The van der Waals surface area contributed by atoms with E-state index in [-0.39, 0.29) is 24.1 Å². The van der Waals surface area contributed by atoms with E-state index in [2.05, 4.69) is 12.2 Å². The smallest absolute Gasteiger partial charge is 0.337 e. The Labute approximate surface area is 87.5 Å². The maximum atomic E-state index is 11.5. The molecule has 15 heavy (non-hydrogen) atoms. The van der Waals surface area contributed by atoms with Crippen LogP contribution < -0.4 is 0 Å². The molecule has 0 amide bonds. The Balaban J connectivity index is 1.94. The van der Waals surface area contributed by atoms with E-state index in [1.807, 2.05) is 0 Å². The number of carbonyl (C=O) groups excluding carboxylic acids is 1. The zero-order valence-electron chi connectivity index (χ0n) is 8.38. The molecule has 3 aliphatic rings. The molecular weight excluding hydrogens is 196 g/mol. The Morgan fingerprint density at radius 2 is 2.40 bits per heavy atom. The molecule has 1 fully saturated rings. The van der Waals surface area contributed by atoms with Gasteiger partial charge in [-0.3, -0.25) is 0 Å². The number of methoxy groups -OCH3 is 1. The highest BCUT2D eigenvalue weighted by Crippen LogP contribution is 2.46. The summed E-state index contributed by atoms with van der Waals surface area (Å²) in [6, 6.07) is 0. The minimum atomic E-state index is -0.310. The van der Waals surface area contributed by atoms with Crippen LogP contribution in [0.2, 0.25) is 0 Å². The minimum absolute atomic E-state index is 0.101. The fourth-order valence-electron chi connectivity index (χ4n) is 2.60. The molecule has 3 rings (SSSR count). The predicted octanol–water partition coefficient (Wildman–Crippen LogP) is 0.848. The third-order valence-corrected chi connectivity index (χ3v) is 3.35. The Morgan fingerprint density at radius 1 is 1.53 bits per heavy atom. The maximum absolute atomic E-state index is 11.5. The number of ether oxygens (including phenoxy) is 3. The van der Waals surface area contributed by atoms with Crippen LogP contribution in [-0.4, -0.2) is 26.0 Å². The third-order valence-electron chi connectivity index (χ3n) is 3.35. The average Bonchev–Trinajstić information content (AvgIpc) is 2.86. The van der Waals surface area contributed by atoms with Gasteiger partial charge in [0.05, 0.1) is 25.6 Å². The van der Waals surface area contributed by atoms with E-state index < -0.39 is 0 Å². The molecule has 0 unspecified atom stereocenters. The molecular formula is C11H12O4. The van der Waals surface area contributed by atoms with Gasteiger partial charge >= 0.3 is 5.97 Å². The molecule has 0 saturated carbocycles. The summed E-state index contributed by atoms with van der Waals surface area (Å²) in [4.78, 5) is 11.5. The van der Waals surface area contributed by atoms with Gasteiger partial charge in [0.2, 0.25) is 6.29 Å². The Bertz CT molecular complexity index is 358. The zero-order valence-corrected chi connectivity index (χ0v) is 8.38. The van der Waals surface area contributed by atoms with E-state index in [0.717, 1.165) is 0 Å². The summed E-state index contributed by atoms with van der Waals surface area (Å²) in [5, 5.41) is 0. The topological polar surface area (TPSA) is 44.8 Å². The fraction of sp³-hybridized carbons (Fsp3) is 0.545. The largest absolute Gasteiger partial charge is 0.472 e. The fourth-order valence-corrected chi connectivity index (χ4v) is 2.60. The third kappa shape index (κ3) is 1.14. The summed E-state index contributed by atoms with van der Waals surface area (Å²) >= 11 is 0. The minimum Gasteiger partial charge on any atom is -0.472 e. The molecule has 80 valence electrons. The van der Waals surface area contributed by atoms with E-state index in [1.54, 1.807) is 0 Å². The summed E-state index contributed by atoms with van der Waals surface area (Å²) in [7, 11) is 1.39. The summed E-state index contributed by atoms with van der Waals surface area (Å²) in [6.45, 7) is 0.685. The van der Waals surface area contributed by atoms with Gasteiger partial charge in [-0.1, -0.05) is 12.2 Å². The van der Waals surface area contributed by atoms with Crippen molar-refractivity contribution in [2.24, 2.45) is 17.8 Å². The standard InChI is InChI=1S/C11H12O4/c1-13-10(12)8-5-15-11-9-6(4-14-11)2-3-7(8)9/h2-3,5-7,9,11H,4H2,1H3/t6-,7+,9+,11-/m0/s1. The second kappa shape index (κ2) is 3.10. The molecule has 1 saturated heterocycles. The van der Waals surface area contributed by atoms with Crippen molar-refractivity contribution in [2.45, 2.75) is 6.29 Å². The van der Waals surface area contributed by atoms with E-state index in [9.17, 15) is 4.79 Å². The molecule has 2 heterocycles. The van der Waals surface area contributed by atoms with Crippen LogP contribution in [0.4, 0.5) is 0 Å². The van der Waals surface area contributed by atoms with Gasteiger partial charge in [0, 0.05) is 17.8 Å². The zero-order chi connectivity index (χ0) is 10.4. The summed E-state index contributed by atoms with van der Waals surface area (Å²) in [6.07, 6.45) is 5.47. The average molecular weight is 208 g/mol. The van der Waals surface area contributed by atoms with Crippen molar-refractivity contribution in [2.75, 3.05) is 13.7 Å². The van der Waals surface area contributed by atoms with Gasteiger partial charge in [-0.05, 0) is 0 Å². The van der Waals surface area contributed by atoms with Crippen molar-refractivity contribution in [1.29, 1.82) is 0 Å². The van der Waals surface area contributed by atoms with Crippen molar-refractivity contribution in [3.05, 3.63) is 24.0 Å². The molecule has 2 aliphatic heterocycles. The van der Waals surface area contributed by atoms with E-state index >= 15 is 0 Å². The lowest BCUT2D eigenvalue weighted by Crippen LogP contribution is -2.32. The Morgan fingerprint density at radius 3 is 3.20 bits per heavy atom. The number of rotatable bonds is 1. The summed E-state index contributed by atoms with van der Waals surface area (Å²) in [5.41, 5.74) is 0.600. The molecule has 0 aromatic rings. The molecule has 0 N–H and O–H groups in total. The number of carbonyl (C=O) groups is 1. The van der Waals surface area contributed by atoms with Gasteiger partial charge in [-0.25, -0.2) is 4.79 Å². The van der Waals surface area contributed by atoms with Crippen LogP contribution in [0.25, 0.3) is 0 Å². The Kier molecular flexibility index (Phi) is 1.85. The van der Waals surface area contributed by atoms with Gasteiger partial charge in [-0.2, -0.15) is 0 Å². The number of allylic oxidation sites excluding steroid dienone is 1. The molecule has 0 aromatic carbocycles. The van der Waals surface area contributed by atoms with Crippen LogP contribution in [0.3, 0.4) is 0 Å². The van der Waals surface area contributed by atoms with Gasteiger partial charge in [0.1, 0.15) is 0 Å². The molecule has 0 aromatic heterocycles. The van der Waals surface area contributed by atoms with Gasteiger partial charge < -0.3 is 14.2 Å². The van der Waals surface area contributed by atoms with Gasteiger partial charge in [-0.15, -0.1) is 0 Å². The first kappa shape index (κ1) is 8.97. The quantitative estimate of drug-likeness (QED) is 0.473. The van der Waals surface area contributed by atoms with Crippen LogP contribution in [0.15, 0.2) is 24.0 Å². The van der Waals surface area contributed by atoms with E-state index in [4.69, 9.17) is 14.2 Å². The molecule has 1 aliphatic carbocycles. The Hall–Kier alpha value is -1.29. The summed E-state index contributed by atoms with van der Waals surface area (Å²) in [5.74, 6) is 0.428. The molecule has 0 bridgehead atoms. The highest BCUT2D eigenvalue weighted by molar-refractivity contribution is 5.89. The lowest BCUT2D eigenvalue weighted by molar-refractivity contribution is -0.140. The van der Waals surface area contributed by atoms with E-state index in [0.29, 0.717) is 18.1 Å². The maximum Gasteiger partial charge on any atom is 0.337 e. The van der Waals surface area contributed by atoms with Crippen molar-refractivity contribution >= 4 is 5.97 Å². The molecule has 4 heteroatoms. The lowest BCUT2D eigenvalue weighted by Gasteiger charge is -2.29. The second-order valence-electron chi connectivity index (χ2n) is 4.05.